The van der Waals surface area contributed by atoms with Crippen molar-refractivity contribution in [3.05, 3.63) is 28.6 Å². The molecule has 0 unspecified atom stereocenters. The predicted molar refractivity (Wildman–Crippen MR) is 95.5 cm³/mol. The summed E-state index contributed by atoms with van der Waals surface area (Å²) >= 11 is 2.12. The fraction of sp³-hybridized carbons (Fsp3) is 0.385. The van der Waals surface area contributed by atoms with Crippen LogP contribution in [0.25, 0.3) is 11.0 Å². The molecule has 0 spiro atoms. The summed E-state index contributed by atoms with van der Waals surface area (Å²) in [5, 5.41) is 15.2. The SMILES string of the molecule is COC(=O)[C@H]1C[C@@H](Nc2c([N+](=O)[O-])cnc3c2ccn3SI)C1. The van der Waals surface area contributed by atoms with E-state index in [4.69, 9.17) is 4.74 Å². The Balaban J connectivity index is 1.89. The first-order valence-corrected chi connectivity index (χ1v) is 10.1. The number of hydrogen-bond acceptors (Lipinski definition) is 7. The van der Waals surface area contributed by atoms with E-state index in [-0.39, 0.29) is 23.6 Å². The number of halogens is 1. The summed E-state index contributed by atoms with van der Waals surface area (Å²) in [7, 11) is 2.80. The highest BCUT2D eigenvalue weighted by atomic mass is 127. The Morgan fingerprint density at radius 1 is 1.61 bits per heavy atom. The summed E-state index contributed by atoms with van der Waals surface area (Å²) in [5.41, 5.74) is 1.06. The van der Waals surface area contributed by atoms with Crippen LogP contribution in [0.5, 0.6) is 0 Å². The first-order valence-electron chi connectivity index (χ1n) is 6.83. The highest BCUT2D eigenvalue weighted by molar-refractivity contribution is 14.2. The third-order valence-corrected chi connectivity index (χ3v) is 5.67. The number of aromatic nitrogens is 2. The number of esters is 1. The number of carbonyl (C=O) groups is 1. The van der Waals surface area contributed by atoms with E-state index in [1.54, 1.807) is 6.07 Å². The lowest BCUT2D eigenvalue weighted by Gasteiger charge is -2.34. The molecule has 0 atom stereocenters. The van der Waals surface area contributed by atoms with Gasteiger partial charge in [-0.2, -0.15) is 0 Å². The summed E-state index contributed by atoms with van der Waals surface area (Å²) in [5.74, 6) is -0.367. The van der Waals surface area contributed by atoms with Gasteiger partial charge in [0, 0.05) is 42.6 Å². The smallest absolute Gasteiger partial charge is 0.311 e. The van der Waals surface area contributed by atoms with Gasteiger partial charge in [-0.3, -0.25) is 18.9 Å². The normalized spacial score (nSPS) is 20.1. The zero-order valence-electron chi connectivity index (χ0n) is 12.1. The van der Waals surface area contributed by atoms with Gasteiger partial charge in [0.1, 0.15) is 11.9 Å². The fourth-order valence-corrected chi connectivity index (χ4v) is 3.97. The van der Waals surface area contributed by atoms with E-state index in [1.807, 2.05) is 10.2 Å². The maximum absolute atomic E-state index is 11.4. The van der Waals surface area contributed by atoms with Crippen molar-refractivity contribution in [2.24, 2.45) is 5.92 Å². The third-order valence-electron chi connectivity index (χ3n) is 3.95. The second kappa shape index (κ2) is 6.51. The molecule has 2 aromatic rings. The molecule has 1 N–H and O–H groups in total. The Kier molecular flexibility index (Phi) is 4.62. The van der Waals surface area contributed by atoms with E-state index < -0.39 is 4.92 Å². The Bertz CT molecular complexity index is 775. The number of methoxy groups -OCH3 is 1. The van der Waals surface area contributed by atoms with E-state index in [0.29, 0.717) is 29.6 Å². The van der Waals surface area contributed by atoms with Crippen LogP contribution in [0.2, 0.25) is 0 Å². The van der Waals surface area contributed by atoms with Crippen LogP contribution < -0.4 is 5.32 Å². The van der Waals surface area contributed by atoms with Gasteiger partial charge in [0.2, 0.25) is 0 Å². The molecule has 10 heteroatoms. The number of hydrogen-bond donors (Lipinski definition) is 1. The molecular weight excluding hydrogens is 435 g/mol. The van der Waals surface area contributed by atoms with Crippen LogP contribution >= 0.6 is 30.3 Å². The van der Waals surface area contributed by atoms with Gasteiger partial charge in [-0.1, -0.05) is 0 Å². The minimum atomic E-state index is -0.445. The van der Waals surface area contributed by atoms with E-state index in [9.17, 15) is 14.9 Å². The standard InChI is InChI=1S/C13H13IN4O4S/c1-22-13(19)7-4-8(5-7)16-11-9-2-3-17(23-14)12(9)15-6-10(11)18(20)21/h2-3,6-8H,4-5H2,1H3,(H,15,16)/t7-,8+. The van der Waals surface area contributed by atoms with Gasteiger partial charge in [0.15, 0.2) is 5.65 Å². The maximum Gasteiger partial charge on any atom is 0.311 e. The molecule has 0 aromatic carbocycles. The second-order valence-corrected chi connectivity index (χ2v) is 6.97. The lowest BCUT2D eigenvalue weighted by Crippen LogP contribution is -2.40. The predicted octanol–water partition coefficient (Wildman–Crippen LogP) is 3.15. The molecule has 1 aliphatic carbocycles. The second-order valence-electron chi connectivity index (χ2n) is 5.26. The summed E-state index contributed by atoms with van der Waals surface area (Å²) in [6, 6.07) is 1.82. The van der Waals surface area contributed by atoms with Crippen molar-refractivity contribution < 1.29 is 14.5 Å². The van der Waals surface area contributed by atoms with Crippen LogP contribution in [0.15, 0.2) is 18.5 Å². The largest absolute Gasteiger partial charge is 0.469 e. The minimum Gasteiger partial charge on any atom is -0.469 e. The number of anilines is 1. The van der Waals surface area contributed by atoms with Crippen molar-refractivity contribution in [3.63, 3.8) is 0 Å². The Morgan fingerprint density at radius 2 is 2.35 bits per heavy atom. The molecule has 2 heterocycles. The first-order chi connectivity index (χ1) is 11.0. The molecule has 3 rings (SSSR count). The van der Waals surface area contributed by atoms with Gasteiger partial charge in [-0.15, -0.1) is 0 Å². The average molecular weight is 448 g/mol. The van der Waals surface area contributed by atoms with Gasteiger partial charge < -0.3 is 10.1 Å². The maximum atomic E-state index is 11.4. The molecule has 0 amide bonds. The number of nitro groups is 1. The molecule has 23 heavy (non-hydrogen) atoms. The molecule has 2 aromatic heterocycles. The molecule has 0 aliphatic heterocycles. The van der Waals surface area contributed by atoms with Crippen molar-refractivity contribution in [1.82, 2.24) is 8.96 Å². The summed E-state index contributed by atoms with van der Waals surface area (Å²) in [6.45, 7) is 0. The van der Waals surface area contributed by atoms with Crippen molar-refractivity contribution in [3.8, 4) is 0 Å². The Hall–Kier alpha value is -1.56. The Labute approximate surface area is 147 Å². The molecule has 0 bridgehead atoms. The quantitative estimate of drug-likeness (QED) is 0.325. The van der Waals surface area contributed by atoms with Gasteiger partial charge in [-0.25, -0.2) is 4.98 Å². The molecule has 0 radical (unpaired) electrons. The number of fused-ring (bicyclic) bond motifs is 1. The minimum absolute atomic E-state index is 0.0130. The summed E-state index contributed by atoms with van der Waals surface area (Å²) in [6.07, 6.45) is 4.30. The van der Waals surface area contributed by atoms with Crippen LogP contribution in [0.4, 0.5) is 11.4 Å². The van der Waals surface area contributed by atoms with Gasteiger partial charge in [0.25, 0.3) is 0 Å². The molecule has 122 valence electrons. The molecular formula is C13H13IN4O4S. The summed E-state index contributed by atoms with van der Waals surface area (Å²) in [4.78, 5) is 26.5. The van der Waals surface area contributed by atoms with Crippen LogP contribution in [-0.2, 0) is 9.53 Å². The molecule has 1 saturated carbocycles. The summed E-state index contributed by atoms with van der Waals surface area (Å²) < 4.78 is 6.55. The van der Waals surface area contributed by atoms with Gasteiger partial charge >= 0.3 is 11.7 Å². The zero-order valence-corrected chi connectivity index (χ0v) is 15.0. The fourth-order valence-electron chi connectivity index (χ4n) is 2.70. The Morgan fingerprint density at radius 3 is 2.96 bits per heavy atom. The lowest BCUT2D eigenvalue weighted by atomic mass is 9.80. The van der Waals surface area contributed by atoms with Crippen LogP contribution in [-0.4, -0.2) is 33.0 Å². The van der Waals surface area contributed by atoms with Gasteiger partial charge in [0.05, 0.1) is 23.3 Å². The topological polar surface area (TPSA) is 99.3 Å². The van der Waals surface area contributed by atoms with Crippen molar-refractivity contribution >= 4 is 58.7 Å². The average Bonchev–Trinajstić information content (AvgIpc) is 2.92. The van der Waals surface area contributed by atoms with Crippen molar-refractivity contribution in [1.29, 1.82) is 0 Å². The molecule has 1 aliphatic rings. The third kappa shape index (κ3) is 2.96. The molecule has 0 saturated heterocycles. The number of carbonyl (C=O) groups excluding carboxylic acids is 1. The van der Waals surface area contributed by atoms with E-state index in [2.05, 4.69) is 31.5 Å². The zero-order chi connectivity index (χ0) is 16.6. The number of nitrogens with one attached hydrogen (secondary N) is 1. The number of pyridine rings is 1. The number of ether oxygens (including phenoxy) is 1. The molecule has 1 fully saturated rings. The monoisotopic (exact) mass is 448 g/mol. The lowest BCUT2D eigenvalue weighted by molar-refractivity contribution is -0.384. The van der Waals surface area contributed by atoms with Crippen molar-refractivity contribution in [2.45, 2.75) is 18.9 Å². The van der Waals surface area contributed by atoms with E-state index in [0.717, 1.165) is 0 Å². The number of nitrogens with zero attached hydrogens (tertiary/aromatic N) is 3. The van der Waals surface area contributed by atoms with E-state index in [1.165, 1.54) is 22.4 Å². The first kappa shape index (κ1) is 16.3. The highest BCUT2D eigenvalue weighted by Crippen LogP contribution is 2.38. The van der Waals surface area contributed by atoms with Crippen molar-refractivity contribution in [2.75, 3.05) is 12.4 Å². The molecule has 8 nitrogen and oxygen atoms in total. The highest BCUT2D eigenvalue weighted by Gasteiger charge is 2.36. The van der Waals surface area contributed by atoms with Crippen LogP contribution in [0.1, 0.15) is 12.8 Å². The van der Waals surface area contributed by atoms with Gasteiger partial charge in [-0.05, 0) is 18.9 Å². The van der Waals surface area contributed by atoms with Crippen LogP contribution in [0.3, 0.4) is 0 Å². The number of rotatable bonds is 5. The van der Waals surface area contributed by atoms with E-state index >= 15 is 0 Å². The van der Waals surface area contributed by atoms with Crippen LogP contribution in [0, 0.1) is 16.0 Å².